The summed E-state index contributed by atoms with van der Waals surface area (Å²) in [4.78, 5) is 25.4. The molecule has 1 aliphatic heterocycles. The van der Waals surface area contributed by atoms with Gasteiger partial charge in [0.25, 0.3) is 0 Å². The summed E-state index contributed by atoms with van der Waals surface area (Å²) >= 11 is 1.02. The lowest BCUT2D eigenvalue weighted by Gasteiger charge is -2.22. The molecule has 0 saturated heterocycles. The first-order chi connectivity index (χ1) is 15.7. The molecule has 4 aromatic rings. The molecule has 1 atom stereocenters. The third-order valence-corrected chi connectivity index (χ3v) is 6.05. The first kappa shape index (κ1) is 20.0. The zero-order chi connectivity index (χ0) is 21.9. The van der Waals surface area contributed by atoms with E-state index >= 15 is 0 Å². The van der Waals surface area contributed by atoms with Gasteiger partial charge in [-0.2, -0.15) is 4.68 Å². The maximum atomic E-state index is 12.9. The van der Waals surface area contributed by atoms with E-state index in [1.54, 1.807) is 24.3 Å². The molecular weight excluding hydrogens is 426 g/mol. The van der Waals surface area contributed by atoms with E-state index in [0.29, 0.717) is 34.5 Å². The van der Waals surface area contributed by atoms with Crippen LogP contribution in [0.3, 0.4) is 0 Å². The van der Waals surface area contributed by atoms with Crippen LogP contribution in [0.1, 0.15) is 15.9 Å². The minimum absolute atomic E-state index is 0.270. The molecule has 1 amide bonds. The Kier molecular flexibility index (Phi) is 5.39. The molecule has 0 spiro atoms. The summed E-state index contributed by atoms with van der Waals surface area (Å²) in [5.74, 6) is 0.0461. The average molecular weight is 443 g/mol. The van der Waals surface area contributed by atoms with Crippen molar-refractivity contribution in [3.8, 4) is 11.4 Å². The zero-order valence-electron chi connectivity index (χ0n) is 16.7. The van der Waals surface area contributed by atoms with Crippen molar-refractivity contribution in [2.24, 2.45) is 0 Å². The molecule has 1 aromatic heterocycles. The Bertz CT molecular complexity index is 1270. The molecular formula is C23H17N5O3S. The lowest BCUT2D eigenvalue weighted by molar-refractivity contribution is -0.115. The van der Waals surface area contributed by atoms with Gasteiger partial charge in [-0.05, 0) is 52.4 Å². The van der Waals surface area contributed by atoms with Crippen molar-refractivity contribution >= 4 is 29.1 Å². The fraction of sp³-hybridized carbons (Fsp3) is 0.0870. The van der Waals surface area contributed by atoms with Gasteiger partial charge in [-0.15, -0.1) is 5.10 Å². The molecule has 2 heterocycles. The normalized spacial score (nSPS) is 15.2. The summed E-state index contributed by atoms with van der Waals surface area (Å²) in [6.45, 7) is 0.465. The van der Waals surface area contributed by atoms with Gasteiger partial charge in [-0.1, -0.05) is 54.2 Å². The van der Waals surface area contributed by atoms with Gasteiger partial charge in [-0.25, -0.2) is 0 Å². The van der Waals surface area contributed by atoms with Crippen LogP contribution in [0.5, 0.6) is 5.75 Å². The molecule has 0 saturated carbocycles. The second kappa shape index (κ2) is 8.64. The van der Waals surface area contributed by atoms with Crippen LogP contribution in [0, 0.1) is 0 Å². The third-order valence-electron chi connectivity index (χ3n) is 4.92. The number of aromatic nitrogens is 4. The van der Waals surface area contributed by atoms with Gasteiger partial charge >= 0.3 is 0 Å². The smallest absolute Gasteiger partial charge is 0.245 e. The lowest BCUT2D eigenvalue weighted by Crippen LogP contribution is -2.37. The van der Waals surface area contributed by atoms with E-state index in [2.05, 4.69) is 20.8 Å². The number of para-hydroxylation sites is 1. The summed E-state index contributed by atoms with van der Waals surface area (Å²) in [5.41, 5.74) is 2.76. The second-order valence-electron chi connectivity index (χ2n) is 7.04. The quantitative estimate of drug-likeness (QED) is 0.455. The van der Waals surface area contributed by atoms with Crippen molar-refractivity contribution in [2.75, 3.05) is 5.32 Å². The molecule has 0 fully saturated rings. The molecule has 1 N–H and O–H groups in total. The SMILES string of the molecule is O=C1Nc2ccccc2C(=O)C1Sc1nnnn1-c1ccc(OCc2ccccc2)cc1. The number of carbonyl (C=O) groups is 2. The van der Waals surface area contributed by atoms with Crippen LogP contribution in [-0.4, -0.2) is 37.1 Å². The number of anilines is 1. The first-order valence-electron chi connectivity index (χ1n) is 9.85. The van der Waals surface area contributed by atoms with E-state index in [0.717, 1.165) is 17.3 Å². The Morgan fingerprint density at radius 2 is 1.69 bits per heavy atom. The summed E-state index contributed by atoms with van der Waals surface area (Å²) in [7, 11) is 0. The molecule has 158 valence electrons. The van der Waals surface area contributed by atoms with Gasteiger partial charge in [0.05, 0.1) is 11.4 Å². The number of Topliss-reactive ketones (excluding diaryl/α,β-unsaturated/α-hetero) is 1. The van der Waals surface area contributed by atoms with Crippen LogP contribution < -0.4 is 10.1 Å². The van der Waals surface area contributed by atoms with E-state index in [1.165, 1.54) is 4.68 Å². The molecule has 32 heavy (non-hydrogen) atoms. The summed E-state index contributed by atoms with van der Waals surface area (Å²) in [6.07, 6.45) is 0. The molecule has 0 radical (unpaired) electrons. The molecule has 1 aliphatic rings. The predicted octanol–water partition coefficient (Wildman–Crippen LogP) is 3.54. The van der Waals surface area contributed by atoms with E-state index in [1.807, 2.05) is 54.6 Å². The van der Waals surface area contributed by atoms with Crippen molar-refractivity contribution in [2.45, 2.75) is 17.0 Å². The number of nitrogens with zero attached hydrogens (tertiary/aromatic N) is 4. The van der Waals surface area contributed by atoms with Gasteiger partial charge in [-0.3, -0.25) is 9.59 Å². The fourth-order valence-corrected chi connectivity index (χ4v) is 4.25. The number of carbonyl (C=O) groups excluding carboxylic acids is 2. The highest BCUT2D eigenvalue weighted by atomic mass is 32.2. The van der Waals surface area contributed by atoms with Crippen LogP contribution in [0.15, 0.2) is 84.0 Å². The Labute approximate surface area is 187 Å². The number of fused-ring (bicyclic) bond motifs is 1. The van der Waals surface area contributed by atoms with E-state index in [4.69, 9.17) is 4.74 Å². The van der Waals surface area contributed by atoms with Gasteiger partial charge in [0, 0.05) is 5.56 Å². The highest BCUT2D eigenvalue weighted by Crippen LogP contribution is 2.32. The minimum Gasteiger partial charge on any atom is -0.489 e. The molecule has 9 heteroatoms. The fourth-order valence-electron chi connectivity index (χ4n) is 3.32. The van der Waals surface area contributed by atoms with Crippen LogP contribution in [0.4, 0.5) is 5.69 Å². The molecule has 5 rings (SSSR count). The van der Waals surface area contributed by atoms with Gasteiger partial charge in [0.2, 0.25) is 11.1 Å². The maximum Gasteiger partial charge on any atom is 0.245 e. The minimum atomic E-state index is -0.969. The van der Waals surface area contributed by atoms with Crippen LogP contribution in [-0.2, 0) is 11.4 Å². The zero-order valence-corrected chi connectivity index (χ0v) is 17.5. The number of benzene rings is 3. The molecule has 0 bridgehead atoms. The Balaban J connectivity index is 1.32. The molecule has 8 nitrogen and oxygen atoms in total. The topological polar surface area (TPSA) is 99.0 Å². The number of thioether (sulfide) groups is 1. The maximum absolute atomic E-state index is 12.9. The first-order valence-corrected chi connectivity index (χ1v) is 10.7. The number of amides is 1. The van der Waals surface area contributed by atoms with Crippen molar-refractivity contribution in [3.63, 3.8) is 0 Å². The van der Waals surface area contributed by atoms with Crippen LogP contribution in [0.2, 0.25) is 0 Å². The van der Waals surface area contributed by atoms with Gasteiger partial charge in [0.15, 0.2) is 11.0 Å². The van der Waals surface area contributed by atoms with Crippen molar-refractivity contribution in [3.05, 3.63) is 90.0 Å². The highest BCUT2D eigenvalue weighted by Gasteiger charge is 2.36. The number of hydrogen-bond donors (Lipinski definition) is 1. The Hall–Kier alpha value is -3.98. The Morgan fingerprint density at radius 3 is 2.50 bits per heavy atom. The highest BCUT2D eigenvalue weighted by molar-refractivity contribution is 8.01. The van der Waals surface area contributed by atoms with Gasteiger partial charge in [0.1, 0.15) is 12.4 Å². The van der Waals surface area contributed by atoms with Crippen molar-refractivity contribution in [1.29, 1.82) is 0 Å². The summed E-state index contributed by atoms with van der Waals surface area (Å²) < 4.78 is 7.31. The number of ketones is 1. The molecule has 3 aromatic carbocycles. The van der Waals surface area contributed by atoms with E-state index in [-0.39, 0.29) is 5.78 Å². The Morgan fingerprint density at radius 1 is 0.938 bits per heavy atom. The number of ether oxygens (including phenoxy) is 1. The molecule has 0 aliphatic carbocycles. The molecule has 1 unspecified atom stereocenters. The lowest BCUT2D eigenvalue weighted by atomic mass is 10.0. The third kappa shape index (κ3) is 3.97. The number of hydrogen-bond acceptors (Lipinski definition) is 7. The summed E-state index contributed by atoms with van der Waals surface area (Å²) in [6, 6.07) is 24.1. The van der Waals surface area contributed by atoms with Crippen molar-refractivity contribution in [1.82, 2.24) is 20.2 Å². The number of tetrazole rings is 1. The van der Waals surface area contributed by atoms with Crippen molar-refractivity contribution < 1.29 is 14.3 Å². The van der Waals surface area contributed by atoms with E-state index < -0.39 is 11.2 Å². The van der Waals surface area contributed by atoms with Crippen LogP contribution >= 0.6 is 11.8 Å². The van der Waals surface area contributed by atoms with E-state index in [9.17, 15) is 9.59 Å². The standard InChI is InChI=1S/C23H17N5O3S/c29-20-18-8-4-5-9-19(18)24-22(30)21(20)32-23-25-26-27-28(23)16-10-12-17(13-11-16)31-14-15-6-2-1-3-7-15/h1-13,21H,14H2,(H,24,30). The summed E-state index contributed by atoms with van der Waals surface area (Å²) in [5, 5.41) is 13.9. The largest absolute Gasteiger partial charge is 0.489 e. The second-order valence-corrected chi connectivity index (χ2v) is 8.11. The number of nitrogens with one attached hydrogen (secondary N) is 1. The number of rotatable bonds is 6. The monoisotopic (exact) mass is 443 g/mol. The van der Waals surface area contributed by atoms with Crippen LogP contribution in [0.25, 0.3) is 5.69 Å². The van der Waals surface area contributed by atoms with Gasteiger partial charge < -0.3 is 10.1 Å². The average Bonchev–Trinajstić information content (AvgIpc) is 3.30. The predicted molar refractivity (Wildman–Crippen MR) is 119 cm³/mol.